The summed E-state index contributed by atoms with van der Waals surface area (Å²) < 4.78 is 26.3. The summed E-state index contributed by atoms with van der Waals surface area (Å²) in [5.74, 6) is 0.155. The summed E-state index contributed by atoms with van der Waals surface area (Å²) in [6.07, 6.45) is -2.08. The number of nitrogens with two attached hydrogens (primary N) is 1. The van der Waals surface area contributed by atoms with Crippen molar-refractivity contribution in [1.82, 2.24) is 19.5 Å². The summed E-state index contributed by atoms with van der Waals surface area (Å²) in [6, 6.07) is 0. The third-order valence-corrected chi connectivity index (χ3v) is 4.66. The lowest BCUT2D eigenvalue weighted by Crippen LogP contribution is -2.33. The molecule has 0 spiro atoms. The van der Waals surface area contributed by atoms with Crippen molar-refractivity contribution in [1.29, 1.82) is 0 Å². The molecule has 1 aliphatic rings. The summed E-state index contributed by atoms with van der Waals surface area (Å²) in [7, 11) is -4.69. The Hall–Kier alpha value is -1.35. The first-order valence-corrected chi connectivity index (χ1v) is 8.95. The van der Waals surface area contributed by atoms with Crippen LogP contribution in [-0.4, -0.2) is 64.4 Å². The molecule has 3 heterocycles. The minimum Gasteiger partial charge on any atom is -0.387 e. The van der Waals surface area contributed by atoms with Crippen LogP contribution in [0.2, 0.25) is 0 Å². The van der Waals surface area contributed by atoms with Crippen molar-refractivity contribution >= 4 is 37.1 Å². The number of phosphoric acid groups is 1. The molecule has 13 nitrogen and oxygen atoms in total. The van der Waals surface area contributed by atoms with Crippen LogP contribution in [0.5, 0.6) is 0 Å². The third-order valence-electron chi connectivity index (χ3n) is 3.41. The van der Waals surface area contributed by atoms with Gasteiger partial charge in [-0.1, -0.05) is 0 Å². The Labute approximate surface area is 144 Å². The molecule has 4 atom stereocenters. The van der Waals surface area contributed by atoms with Crippen molar-refractivity contribution in [2.45, 2.75) is 24.5 Å². The summed E-state index contributed by atoms with van der Waals surface area (Å²) in [4.78, 5) is 28.9. The molecule has 2 aromatic heterocycles. The van der Waals surface area contributed by atoms with Crippen LogP contribution in [0.3, 0.4) is 0 Å². The van der Waals surface area contributed by atoms with E-state index in [9.17, 15) is 14.8 Å². The van der Waals surface area contributed by atoms with Gasteiger partial charge in [-0.25, -0.2) is 19.5 Å². The minimum atomic E-state index is -4.69. The van der Waals surface area contributed by atoms with E-state index in [0.717, 1.165) is 0 Å². The first-order valence-electron chi connectivity index (χ1n) is 6.76. The van der Waals surface area contributed by atoms with Crippen molar-refractivity contribution in [3.63, 3.8) is 0 Å². The number of ether oxygens (including phenoxy) is 1. The highest BCUT2D eigenvalue weighted by Gasteiger charge is 2.44. The van der Waals surface area contributed by atoms with Crippen LogP contribution in [0.25, 0.3) is 11.2 Å². The number of fused-ring (bicyclic) bond motifs is 1. The molecule has 0 aromatic carbocycles. The maximum absolute atomic E-state index is 10.5. The van der Waals surface area contributed by atoms with Crippen LogP contribution >= 0.6 is 20.1 Å². The van der Waals surface area contributed by atoms with Crippen LogP contribution in [0.15, 0.2) is 12.7 Å². The molecule has 1 aliphatic heterocycles. The molecule has 0 unspecified atom stereocenters. The molecular weight excluding hydrogens is 381 g/mol. The number of hydrogen-bond acceptors (Lipinski definition) is 11. The Morgan fingerprint density at radius 2 is 2.08 bits per heavy atom. The molecule has 2 aromatic rings. The second-order valence-corrected chi connectivity index (χ2v) is 7.00. The molecule has 138 valence electrons. The highest BCUT2D eigenvalue weighted by Crippen LogP contribution is 2.41. The second kappa shape index (κ2) is 7.11. The van der Waals surface area contributed by atoms with E-state index in [1.807, 2.05) is 0 Å². The molecule has 15 heteroatoms. The zero-order chi connectivity index (χ0) is 18.2. The number of nitrogens with zero attached hydrogens (tertiary/aromatic N) is 4. The fourth-order valence-electron chi connectivity index (χ4n) is 2.31. The number of hydrogen-bond donors (Lipinski definition) is 5. The maximum atomic E-state index is 10.5. The zero-order valence-electron chi connectivity index (χ0n) is 12.3. The van der Waals surface area contributed by atoms with Gasteiger partial charge in [-0.2, -0.15) is 3.97 Å². The summed E-state index contributed by atoms with van der Waals surface area (Å²) in [6.45, 7) is -0.302. The SMILES string of the molecule is Nc1ncnc2c1ncn2[C@@H]1O[C@H](COSOP(=O)(O)O)[C@@H](O)[C@H]1O. The van der Waals surface area contributed by atoms with E-state index in [-0.39, 0.29) is 24.7 Å². The molecule has 3 rings (SSSR count). The molecule has 1 fully saturated rings. The van der Waals surface area contributed by atoms with Crippen molar-refractivity contribution in [2.24, 2.45) is 0 Å². The second-order valence-electron chi connectivity index (χ2n) is 5.05. The lowest BCUT2D eigenvalue weighted by molar-refractivity contribution is -0.0459. The fraction of sp³-hybridized carbons (Fsp3) is 0.500. The average Bonchev–Trinajstić information content (AvgIpc) is 3.08. The highest BCUT2D eigenvalue weighted by molar-refractivity contribution is 7.93. The highest BCUT2D eigenvalue weighted by atomic mass is 32.2. The lowest BCUT2D eigenvalue weighted by atomic mass is 10.1. The summed E-state index contributed by atoms with van der Waals surface area (Å²) in [5, 5.41) is 20.3. The van der Waals surface area contributed by atoms with E-state index in [0.29, 0.717) is 11.2 Å². The van der Waals surface area contributed by atoms with Crippen molar-refractivity contribution in [2.75, 3.05) is 12.3 Å². The molecule has 0 amide bonds. The van der Waals surface area contributed by atoms with Crippen molar-refractivity contribution in [3.8, 4) is 0 Å². The first-order chi connectivity index (χ1) is 11.8. The maximum Gasteiger partial charge on any atom is 0.482 e. The molecule has 1 saturated heterocycles. The number of aliphatic hydroxyl groups excluding tert-OH is 2. The van der Waals surface area contributed by atoms with E-state index in [2.05, 4.69) is 18.9 Å². The molecule has 0 aliphatic carbocycles. The van der Waals surface area contributed by atoms with Gasteiger partial charge >= 0.3 is 7.82 Å². The first kappa shape index (κ1) is 18.4. The Kier molecular flexibility index (Phi) is 5.24. The van der Waals surface area contributed by atoms with Crippen LogP contribution in [0.1, 0.15) is 6.23 Å². The van der Waals surface area contributed by atoms with Gasteiger partial charge in [0.05, 0.1) is 12.9 Å². The van der Waals surface area contributed by atoms with E-state index < -0.39 is 32.4 Å². The number of nitrogen functional groups attached to an aromatic ring is 1. The molecule has 0 bridgehead atoms. The van der Waals surface area contributed by atoms with E-state index in [1.54, 1.807) is 0 Å². The fourth-order valence-corrected chi connectivity index (χ4v) is 2.99. The van der Waals surface area contributed by atoms with Gasteiger partial charge in [0, 0.05) is 0 Å². The van der Waals surface area contributed by atoms with E-state index >= 15 is 0 Å². The quantitative estimate of drug-likeness (QED) is 0.220. The number of aliphatic hydroxyl groups is 2. The van der Waals surface area contributed by atoms with Crippen LogP contribution in [0.4, 0.5) is 5.82 Å². The van der Waals surface area contributed by atoms with Crippen LogP contribution in [0, 0.1) is 0 Å². The van der Waals surface area contributed by atoms with Gasteiger partial charge in [0.1, 0.15) is 30.2 Å². The Morgan fingerprint density at radius 1 is 1.32 bits per heavy atom. The van der Waals surface area contributed by atoms with E-state index in [4.69, 9.17) is 24.4 Å². The van der Waals surface area contributed by atoms with Gasteiger partial charge in [-0.15, -0.1) is 0 Å². The summed E-state index contributed by atoms with van der Waals surface area (Å²) >= 11 is 0.0614. The van der Waals surface area contributed by atoms with Gasteiger partial charge in [-0.05, 0) is 0 Å². The molecular formula is C10H14N5O8PS. The summed E-state index contributed by atoms with van der Waals surface area (Å²) in [5.41, 5.74) is 6.32. The van der Waals surface area contributed by atoms with Crippen LogP contribution < -0.4 is 5.73 Å². The van der Waals surface area contributed by atoms with Gasteiger partial charge in [-0.3, -0.25) is 8.75 Å². The molecule has 0 radical (unpaired) electrons. The minimum absolute atomic E-state index is 0.0614. The van der Waals surface area contributed by atoms with Crippen molar-refractivity contribution < 1.29 is 37.5 Å². The van der Waals surface area contributed by atoms with Gasteiger partial charge in [0.25, 0.3) is 0 Å². The standard InChI is InChI=1S/C10H14N5O8PS/c11-8-5-9(13-2-12-8)15(3-14-5)10-7(17)6(16)4(22-10)1-21-25-23-24(18,19)20/h2-4,6-7,10,16-17H,1H2,(H2,11,12,13)(H2,18,19,20)/t4-,6-,7-,10-/m1/s1. The predicted molar refractivity (Wildman–Crippen MR) is 82.3 cm³/mol. The monoisotopic (exact) mass is 395 g/mol. The zero-order valence-corrected chi connectivity index (χ0v) is 14.0. The van der Waals surface area contributed by atoms with Gasteiger partial charge in [0.15, 0.2) is 30.0 Å². The van der Waals surface area contributed by atoms with Crippen LogP contribution in [-0.2, 0) is 17.5 Å². The topological polar surface area (TPSA) is 195 Å². The predicted octanol–water partition coefficient (Wildman–Crippen LogP) is -1.28. The molecule has 6 N–H and O–H groups in total. The largest absolute Gasteiger partial charge is 0.482 e. The Bertz CT molecular complexity index is 801. The average molecular weight is 395 g/mol. The smallest absolute Gasteiger partial charge is 0.387 e. The molecule has 0 saturated carbocycles. The number of anilines is 1. The number of rotatable bonds is 6. The Balaban J connectivity index is 1.69. The molecule has 25 heavy (non-hydrogen) atoms. The van der Waals surface area contributed by atoms with Crippen molar-refractivity contribution in [3.05, 3.63) is 12.7 Å². The Morgan fingerprint density at radius 3 is 2.80 bits per heavy atom. The van der Waals surface area contributed by atoms with Gasteiger partial charge in [0.2, 0.25) is 0 Å². The van der Waals surface area contributed by atoms with E-state index in [1.165, 1.54) is 17.2 Å². The lowest BCUT2D eigenvalue weighted by Gasteiger charge is -2.16. The normalized spacial score (nSPS) is 27.2. The van der Waals surface area contributed by atoms with Gasteiger partial charge < -0.3 is 30.5 Å². The number of aromatic nitrogens is 4. The third kappa shape index (κ3) is 3.92. The number of imidazole rings is 1.